The van der Waals surface area contributed by atoms with Crippen molar-refractivity contribution in [3.8, 4) is 11.5 Å². The zero-order valence-corrected chi connectivity index (χ0v) is 14.4. The summed E-state index contributed by atoms with van der Waals surface area (Å²) >= 11 is 0. The van der Waals surface area contributed by atoms with E-state index in [4.69, 9.17) is 9.47 Å². The van der Waals surface area contributed by atoms with E-state index < -0.39 is 5.91 Å². The van der Waals surface area contributed by atoms with E-state index in [-0.39, 0.29) is 17.8 Å². The molecule has 0 bridgehead atoms. The number of aryl methyl sites for hydroxylation is 1. The lowest BCUT2D eigenvalue weighted by atomic mass is 10.1. The van der Waals surface area contributed by atoms with Crippen molar-refractivity contribution in [1.82, 2.24) is 19.6 Å². The van der Waals surface area contributed by atoms with E-state index in [1.54, 1.807) is 36.5 Å². The van der Waals surface area contributed by atoms with Gasteiger partial charge in [-0.1, -0.05) is 17.3 Å². The van der Waals surface area contributed by atoms with Gasteiger partial charge in [-0.2, -0.15) is 4.68 Å². The molecule has 4 aromatic rings. The molecule has 2 aromatic heterocycles. The Kier molecular flexibility index (Phi) is 3.27. The quantitative estimate of drug-likeness (QED) is 0.543. The van der Waals surface area contributed by atoms with Crippen LogP contribution >= 0.6 is 0 Å². The van der Waals surface area contributed by atoms with E-state index in [0.717, 1.165) is 4.68 Å². The van der Waals surface area contributed by atoms with Crippen LogP contribution in [0.25, 0.3) is 21.9 Å². The fraction of sp³-hybridized carbons (Fsp3) is 0.158. The fourth-order valence-electron chi connectivity index (χ4n) is 3.33. The number of ether oxygens (including phenoxy) is 2. The SMILES string of the molecule is CCn1cc(C(=O)n2nnc3ccccc32)c(=O)c2cc3c(cc21)OCO3. The highest BCUT2D eigenvalue weighted by molar-refractivity contribution is 6.02. The number of pyridine rings is 1. The van der Waals surface area contributed by atoms with E-state index in [9.17, 15) is 9.59 Å². The third kappa shape index (κ3) is 2.23. The Bertz CT molecular complexity index is 1290. The van der Waals surface area contributed by atoms with Gasteiger partial charge in [0.15, 0.2) is 11.5 Å². The Morgan fingerprint density at radius 3 is 2.74 bits per heavy atom. The number of carbonyl (C=O) groups excluding carboxylic acids is 1. The van der Waals surface area contributed by atoms with Gasteiger partial charge in [-0.25, -0.2) is 0 Å². The van der Waals surface area contributed by atoms with Gasteiger partial charge in [-0.05, 0) is 25.1 Å². The summed E-state index contributed by atoms with van der Waals surface area (Å²) in [6.45, 7) is 2.63. The van der Waals surface area contributed by atoms with Crippen molar-refractivity contribution in [2.24, 2.45) is 0 Å². The van der Waals surface area contributed by atoms with Gasteiger partial charge < -0.3 is 14.0 Å². The third-order valence-corrected chi connectivity index (χ3v) is 4.69. The van der Waals surface area contributed by atoms with Crippen LogP contribution in [-0.2, 0) is 6.54 Å². The highest BCUT2D eigenvalue weighted by Gasteiger charge is 2.22. The number of carbonyl (C=O) groups is 1. The molecule has 0 radical (unpaired) electrons. The zero-order valence-electron chi connectivity index (χ0n) is 14.4. The minimum absolute atomic E-state index is 0.0267. The first kappa shape index (κ1) is 15.6. The first-order chi connectivity index (χ1) is 13.2. The molecular formula is C19H14N4O4. The predicted molar refractivity (Wildman–Crippen MR) is 97.3 cm³/mol. The number of hydrogen-bond acceptors (Lipinski definition) is 6. The summed E-state index contributed by atoms with van der Waals surface area (Å²) < 4.78 is 13.8. The smallest absolute Gasteiger partial charge is 0.285 e. The third-order valence-electron chi connectivity index (χ3n) is 4.69. The van der Waals surface area contributed by atoms with Crippen LogP contribution in [0.4, 0.5) is 0 Å². The fourth-order valence-corrected chi connectivity index (χ4v) is 3.33. The molecule has 0 saturated heterocycles. The summed E-state index contributed by atoms with van der Waals surface area (Å²) in [6.07, 6.45) is 1.56. The van der Waals surface area contributed by atoms with E-state index in [1.165, 1.54) is 0 Å². The van der Waals surface area contributed by atoms with Crippen molar-refractivity contribution in [3.05, 3.63) is 58.4 Å². The molecule has 0 saturated carbocycles. The number of aromatic nitrogens is 4. The summed E-state index contributed by atoms with van der Waals surface area (Å²) in [5.41, 5.74) is 1.48. The van der Waals surface area contributed by atoms with Gasteiger partial charge in [0.1, 0.15) is 11.1 Å². The Morgan fingerprint density at radius 1 is 1.15 bits per heavy atom. The van der Waals surface area contributed by atoms with Crippen LogP contribution < -0.4 is 14.9 Å². The topological polar surface area (TPSA) is 88.2 Å². The highest BCUT2D eigenvalue weighted by atomic mass is 16.7. The lowest BCUT2D eigenvalue weighted by molar-refractivity contribution is 0.0946. The van der Waals surface area contributed by atoms with Gasteiger partial charge in [0.2, 0.25) is 12.2 Å². The Labute approximate surface area is 152 Å². The van der Waals surface area contributed by atoms with Crippen LogP contribution in [0.2, 0.25) is 0 Å². The van der Waals surface area contributed by atoms with Crippen LogP contribution in [0.5, 0.6) is 11.5 Å². The van der Waals surface area contributed by atoms with Gasteiger partial charge in [0.25, 0.3) is 5.91 Å². The first-order valence-electron chi connectivity index (χ1n) is 8.49. The summed E-state index contributed by atoms with van der Waals surface area (Å²) in [5, 5.41) is 8.32. The monoisotopic (exact) mass is 362 g/mol. The Morgan fingerprint density at radius 2 is 1.93 bits per heavy atom. The van der Waals surface area contributed by atoms with Gasteiger partial charge in [-0.3, -0.25) is 9.59 Å². The molecule has 1 aliphatic heterocycles. The average molecular weight is 362 g/mol. The number of rotatable bonds is 2. The van der Waals surface area contributed by atoms with Crippen molar-refractivity contribution in [2.75, 3.05) is 6.79 Å². The van der Waals surface area contributed by atoms with Crippen molar-refractivity contribution >= 4 is 27.8 Å². The van der Waals surface area contributed by atoms with Crippen molar-refractivity contribution in [2.45, 2.75) is 13.5 Å². The molecular weight excluding hydrogens is 348 g/mol. The molecule has 0 N–H and O–H groups in total. The second kappa shape index (κ2) is 5.66. The number of nitrogens with zero attached hydrogens (tertiary/aromatic N) is 4. The van der Waals surface area contributed by atoms with Gasteiger partial charge in [-0.15, -0.1) is 5.10 Å². The molecule has 1 aliphatic rings. The van der Waals surface area contributed by atoms with E-state index >= 15 is 0 Å². The molecule has 8 nitrogen and oxygen atoms in total. The van der Waals surface area contributed by atoms with Crippen LogP contribution in [0.3, 0.4) is 0 Å². The van der Waals surface area contributed by atoms with E-state index in [1.807, 2.05) is 17.6 Å². The molecule has 3 heterocycles. The Hall–Kier alpha value is -3.68. The molecule has 0 aliphatic carbocycles. The maximum Gasteiger partial charge on any atom is 0.285 e. The predicted octanol–water partition coefficient (Wildman–Crippen LogP) is 2.18. The lowest BCUT2D eigenvalue weighted by Crippen LogP contribution is -2.24. The molecule has 8 heteroatoms. The molecule has 0 unspecified atom stereocenters. The van der Waals surface area contributed by atoms with Crippen molar-refractivity contribution < 1.29 is 14.3 Å². The number of fused-ring (bicyclic) bond motifs is 3. The van der Waals surface area contributed by atoms with Gasteiger partial charge >= 0.3 is 0 Å². The van der Waals surface area contributed by atoms with E-state index in [2.05, 4.69) is 10.3 Å². The minimum atomic E-state index is -0.518. The van der Waals surface area contributed by atoms with Crippen molar-refractivity contribution in [3.63, 3.8) is 0 Å². The highest BCUT2D eigenvalue weighted by Crippen LogP contribution is 2.35. The zero-order chi connectivity index (χ0) is 18.5. The molecule has 2 aromatic carbocycles. The summed E-state index contributed by atoms with van der Waals surface area (Å²) in [4.78, 5) is 26.2. The first-order valence-corrected chi connectivity index (χ1v) is 8.49. The van der Waals surface area contributed by atoms with Crippen LogP contribution in [0.15, 0.2) is 47.4 Å². The standard InChI is InChI=1S/C19H14N4O4/c1-2-22-9-12(19(25)23-14-6-4-3-5-13(14)20-21-23)18(24)11-7-16-17(8-15(11)22)27-10-26-16/h3-9H,2,10H2,1H3. The molecule has 27 heavy (non-hydrogen) atoms. The normalized spacial score (nSPS) is 12.8. The van der Waals surface area contributed by atoms with Gasteiger partial charge in [0.05, 0.1) is 16.4 Å². The summed E-state index contributed by atoms with van der Waals surface area (Å²) in [5.74, 6) is 0.568. The average Bonchev–Trinajstić information content (AvgIpc) is 3.33. The molecule has 0 fully saturated rings. The lowest BCUT2D eigenvalue weighted by Gasteiger charge is -2.12. The number of benzene rings is 2. The maximum atomic E-state index is 13.1. The molecule has 0 amide bonds. The van der Waals surface area contributed by atoms with Crippen molar-refractivity contribution in [1.29, 1.82) is 0 Å². The number of para-hydroxylation sites is 1. The van der Waals surface area contributed by atoms with Crippen LogP contribution in [-0.4, -0.2) is 32.3 Å². The second-order valence-corrected chi connectivity index (χ2v) is 6.18. The molecule has 134 valence electrons. The Balaban J connectivity index is 1.76. The van der Waals surface area contributed by atoms with Crippen LogP contribution in [0, 0.1) is 0 Å². The largest absolute Gasteiger partial charge is 0.454 e. The second-order valence-electron chi connectivity index (χ2n) is 6.18. The summed E-state index contributed by atoms with van der Waals surface area (Å²) in [7, 11) is 0. The molecule has 5 rings (SSSR count). The summed E-state index contributed by atoms with van der Waals surface area (Å²) in [6, 6.07) is 10.5. The molecule has 0 atom stereocenters. The van der Waals surface area contributed by atoms with E-state index in [0.29, 0.717) is 40.0 Å². The number of hydrogen-bond donors (Lipinski definition) is 0. The minimum Gasteiger partial charge on any atom is -0.454 e. The van der Waals surface area contributed by atoms with Gasteiger partial charge in [0, 0.05) is 18.8 Å². The molecule has 0 spiro atoms. The maximum absolute atomic E-state index is 13.1. The van der Waals surface area contributed by atoms with Crippen LogP contribution in [0.1, 0.15) is 17.3 Å².